The van der Waals surface area contributed by atoms with Crippen LogP contribution in [0.25, 0.3) is 0 Å². The van der Waals surface area contributed by atoms with Crippen molar-refractivity contribution in [1.82, 2.24) is 15.0 Å². The summed E-state index contributed by atoms with van der Waals surface area (Å²) in [6.07, 6.45) is 8.73. The maximum atomic E-state index is 5.63. The molecule has 0 aliphatic carbocycles. The van der Waals surface area contributed by atoms with Crippen LogP contribution in [0.15, 0.2) is 36.9 Å². The largest absolute Gasteiger partial charge is 0.477 e. The van der Waals surface area contributed by atoms with E-state index in [4.69, 9.17) is 16.3 Å². The van der Waals surface area contributed by atoms with Crippen LogP contribution >= 0.6 is 11.6 Å². The standard InChI is InChI=1S/C13H14ClN3O/c14-8-12-9-17-13(10-16-12)18-7-1-2-11-3-5-15-6-4-11/h3-6,9-10H,1-2,7-8H2. The molecule has 0 amide bonds. The second-order valence-corrected chi connectivity index (χ2v) is 4.05. The van der Waals surface area contributed by atoms with Gasteiger partial charge in [-0.05, 0) is 30.5 Å². The molecule has 2 aromatic rings. The summed E-state index contributed by atoms with van der Waals surface area (Å²) in [6, 6.07) is 4.02. The van der Waals surface area contributed by atoms with E-state index in [-0.39, 0.29) is 0 Å². The summed E-state index contributed by atoms with van der Waals surface area (Å²) in [4.78, 5) is 12.2. The zero-order chi connectivity index (χ0) is 12.6. The number of ether oxygens (including phenoxy) is 1. The van der Waals surface area contributed by atoms with Gasteiger partial charge in [0.2, 0.25) is 5.88 Å². The minimum Gasteiger partial charge on any atom is -0.477 e. The number of rotatable bonds is 6. The molecule has 0 fully saturated rings. The first-order valence-electron chi connectivity index (χ1n) is 5.77. The molecule has 0 aliphatic heterocycles. The Bertz CT molecular complexity index is 461. The first-order valence-corrected chi connectivity index (χ1v) is 6.30. The Labute approximate surface area is 111 Å². The molecule has 18 heavy (non-hydrogen) atoms. The van der Waals surface area contributed by atoms with Gasteiger partial charge in [-0.25, -0.2) is 4.98 Å². The highest BCUT2D eigenvalue weighted by Gasteiger charge is 1.98. The van der Waals surface area contributed by atoms with E-state index >= 15 is 0 Å². The lowest BCUT2D eigenvalue weighted by Gasteiger charge is -2.05. The van der Waals surface area contributed by atoms with E-state index in [9.17, 15) is 0 Å². The van der Waals surface area contributed by atoms with Gasteiger partial charge < -0.3 is 4.74 Å². The van der Waals surface area contributed by atoms with Crippen LogP contribution in [-0.4, -0.2) is 21.6 Å². The van der Waals surface area contributed by atoms with Crippen LogP contribution in [0.3, 0.4) is 0 Å². The van der Waals surface area contributed by atoms with Crippen molar-refractivity contribution in [2.45, 2.75) is 18.7 Å². The van der Waals surface area contributed by atoms with E-state index in [1.807, 2.05) is 12.1 Å². The number of halogens is 1. The predicted octanol–water partition coefficient (Wildman–Crippen LogP) is 2.62. The van der Waals surface area contributed by atoms with Gasteiger partial charge in [0.05, 0.1) is 30.6 Å². The van der Waals surface area contributed by atoms with Crippen LogP contribution < -0.4 is 4.74 Å². The van der Waals surface area contributed by atoms with Gasteiger partial charge in [0.1, 0.15) is 0 Å². The number of hydrogen-bond acceptors (Lipinski definition) is 4. The predicted molar refractivity (Wildman–Crippen MR) is 69.6 cm³/mol. The van der Waals surface area contributed by atoms with E-state index in [1.54, 1.807) is 24.8 Å². The van der Waals surface area contributed by atoms with Gasteiger partial charge in [0.15, 0.2) is 0 Å². The van der Waals surface area contributed by atoms with Gasteiger partial charge in [-0.15, -0.1) is 11.6 Å². The monoisotopic (exact) mass is 263 g/mol. The van der Waals surface area contributed by atoms with E-state index in [1.165, 1.54) is 5.56 Å². The summed E-state index contributed by atoms with van der Waals surface area (Å²) in [5.74, 6) is 0.911. The molecule has 0 N–H and O–H groups in total. The number of aromatic nitrogens is 3. The Morgan fingerprint density at radius 2 is 1.94 bits per heavy atom. The summed E-state index contributed by atoms with van der Waals surface area (Å²) in [5, 5.41) is 0. The number of nitrogens with zero attached hydrogens (tertiary/aromatic N) is 3. The second kappa shape index (κ2) is 6.91. The number of aryl methyl sites for hydroxylation is 1. The second-order valence-electron chi connectivity index (χ2n) is 3.79. The topological polar surface area (TPSA) is 47.9 Å². The number of alkyl halides is 1. The van der Waals surface area contributed by atoms with Crippen molar-refractivity contribution in [2.75, 3.05) is 6.61 Å². The zero-order valence-corrected chi connectivity index (χ0v) is 10.7. The fourth-order valence-electron chi connectivity index (χ4n) is 1.49. The summed E-state index contributed by atoms with van der Waals surface area (Å²) in [6.45, 7) is 0.622. The van der Waals surface area contributed by atoms with Crippen molar-refractivity contribution in [1.29, 1.82) is 0 Å². The average Bonchev–Trinajstić information content (AvgIpc) is 2.45. The van der Waals surface area contributed by atoms with E-state index in [0.29, 0.717) is 18.4 Å². The van der Waals surface area contributed by atoms with Gasteiger partial charge in [-0.2, -0.15) is 0 Å². The van der Waals surface area contributed by atoms with Crippen molar-refractivity contribution in [2.24, 2.45) is 0 Å². The summed E-state index contributed by atoms with van der Waals surface area (Å²) < 4.78 is 5.49. The third-order valence-electron chi connectivity index (χ3n) is 2.43. The molecule has 0 radical (unpaired) electrons. The fraction of sp³-hybridized carbons (Fsp3) is 0.308. The van der Waals surface area contributed by atoms with Crippen molar-refractivity contribution in [3.05, 3.63) is 48.2 Å². The summed E-state index contributed by atoms with van der Waals surface area (Å²) >= 11 is 5.63. The fourth-order valence-corrected chi connectivity index (χ4v) is 1.63. The van der Waals surface area contributed by atoms with Gasteiger partial charge >= 0.3 is 0 Å². The lowest BCUT2D eigenvalue weighted by atomic mass is 10.1. The molecular weight excluding hydrogens is 250 g/mol. The van der Waals surface area contributed by atoms with E-state index < -0.39 is 0 Å². The molecule has 0 saturated heterocycles. The number of hydrogen-bond donors (Lipinski definition) is 0. The van der Waals surface area contributed by atoms with Gasteiger partial charge in [0, 0.05) is 12.4 Å². The molecule has 0 spiro atoms. The molecule has 2 aromatic heterocycles. The smallest absolute Gasteiger partial charge is 0.232 e. The first-order chi connectivity index (χ1) is 8.88. The van der Waals surface area contributed by atoms with Gasteiger partial charge in [-0.3, -0.25) is 9.97 Å². The summed E-state index contributed by atoms with van der Waals surface area (Å²) in [7, 11) is 0. The third kappa shape index (κ3) is 3.96. The Hall–Kier alpha value is -1.68. The molecule has 2 rings (SSSR count). The first kappa shape index (κ1) is 12.8. The molecule has 0 aliphatic rings. The maximum Gasteiger partial charge on any atom is 0.232 e. The maximum absolute atomic E-state index is 5.63. The molecule has 4 nitrogen and oxygen atoms in total. The van der Waals surface area contributed by atoms with Crippen LogP contribution in [0.1, 0.15) is 17.7 Å². The van der Waals surface area contributed by atoms with Crippen LogP contribution in [0, 0.1) is 0 Å². The third-order valence-corrected chi connectivity index (χ3v) is 2.70. The average molecular weight is 264 g/mol. The normalized spacial score (nSPS) is 10.3. The molecular formula is C13H14ClN3O. The highest BCUT2D eigenvalue weighted by Crippen LogP contribution is 2.07. The van der Waals surface area contributed by atoms with Crippen molar-refractivity contribution in [3.8, 4) is 5.88 Å². The van der Waals surface area contributed by atoms with Gasteiger partial charge in [0.25, 0.3) is 0 Å². The molecule has 0 saturated carbocycles. The highest BCUT2D eigenvalue weighted by molar-refractivity contribution is 6.16. The molecule has 0 atom stereocenters. The van der Waals surface area contributed by atoms with Crippen molar-refractivity contribution < 1.29 is 4.74 Å². The molecule has 5 heteroatoms. The van der Waals surface area contributed by atoms with Crippen LogP contribution in [0.5, 0.6) is 5.88 Å². The zero-order valence-electron chi connectivity index (χ0n) is 9.92. The van der Waals surface area contributed by atoms with E-state index in [2.05, 4.69) is 15.0 Å². The van der Waals surface area contributed by atoms with Crippen LogP contribution in [-0.2, 0) is 12.3 Å². The van der Waals surface area contributed by atoms with E-state index in [0.717, 1.165) is 18.5 Å². The quantitative estimate of drug-likeness (QED) is 0.594. The highest BCUT2D eigenvalue weighted by atomic mass is 35.5. The van der Waals surface area contributed by atoms with Crippen molar-refractivity contribution in [3.63, 3.8) is 0 Å². The minimum absolute atomic E-state index is 0.370. The minimum atomic E-state index is 0.370. The molecule has 0 unspecified atom stereocenters. The Morgan fingerprint density at radius 3 is 2.61 bits per heavy atom. The molecule has 0 bridgehead atoms. The Balaban J connectivity index is 1.72. The molecule has 94 valence electrons. The lowest BCUT2D eigenvalue weighted by Crippen LogP contribution is -2.01. The molecule has 2 heterocycles. The number of pyridine rings is 1. The lowest BCUT2D eigenvalue weighted by molar-refractivity contribution is 0.297. The molecule has 0 aromatic carbocycles. The Morgan fingerprint density at radius 1 is 1.11 bits per heavy atom. The summed E-state index contributed by atoms with van der Waals surface area (Å²) in [5.41, 5.74) is 2.01. The van der Waals surface area contributed by atoms with Crippen LogP contribution in [0.2, 0.25) is 0 Å². The van der Waals surface area contributed by atoms with Crippen LogP contribution in [0.4, 0.5) is 0 Å². The van der Waals surface area contributed by atoms with Gasteiger partial charge in [-0.1, -0.05) is 0 Å². The SMILES string of the molecule is ClCc1cnc(OCCCc2ccncc2)cn1. The Kier molecular flexibility index (Phi) is 4.90. The van der Waals surface area contributed by atoms with Crippen molar-refractivity contribution >= 4 is 11.6 Å².